The van der Waals surface area contributed by atoms with Crippen LogP contribution in [0.15, 0.2) is 48.5 Å². The molecular formula is C14H14ClN. The van der Waals surface area contributed by atoms with Crippen LogP contribution in [0.25, 0.3) is 11.1 Å². The topological polar surface area (TPSA) is 26.0 Å². The van der Waals surface area contributed by atoms with Gasteiger partial charge >= 0.3 is 0 Å². The summed E-state index contributed by atoms with van der Waals surface area (Å²) in [5.74, 6) is 0. The van der Waals surface area contributed by atoms with Gasteiger partial charge in [-0.2, -0.15) is 0 Å². The molecule has 2 N–H and O–H groups in total. The zero-order valence-corrected chi connectivity index (χ0v) is 9.91. The van der Waals surface area contributed by atoms with Crippen LogP contribution in [-0.4, -0.2) is 0 Å². The lowest BCUT2D eigenvalue weighted by molar-refractivity contribution is 0.819. The maximum atomic E-state index is 5.97. The molecule has 0 heterocycles. The van der Waals surface area contributed by atoms with Crippen LogP contribution in [0.2, 0.25) is 5.02 Å². The molecule has 0 aliphatic carbocycles. The van der Waals surface area contributed by atoms with Crippen molar-refractivity contribution in [3.63, 3.8) is 0 Å². The molecule has 16 heavy (non-hydrogen) atoms. The van der Waals surface area contributed by atoms with Crippen molar-refractivity contribution in [2.75, 3.05) is 0 Å². The molecule has 0 aliphatic rings. The van der Waals surface area contributed by atoms with E-state index in [4.69, 9.17) is 17.3 Å². The van der Waals surface area contributed by atoms with Crippen molar-refractivity contribution in [3.8, 4) is 11.1 Å². The molecule has 1 nitrogen and oxygen atoms in total. The number of hydrogen-bond acceptors (Lipinski definition) is 1. The third-order valence-electron chi connectivity index (χ3n) is 2.57. The average molecular weight is 232 g/mol. The van der Waals surface area contributed by atoms with Crippen LogP contribution in [0.5, 0.6) is 0 Å². The van der Waals surface area contributed by atoms with Crippen molar-refractivity contribution < 1.29 is 0 Å². The third kappa shape index (κ3) is 2.43. The van der Waals surface area contributed by atoms with E-state index in [2.05, 4.69) is 12.1 Å². The molecule has 2 aromatic rings. The molecule has 0 unspecified atom stereocenters. The van der Waals surface area contributed by atoms with Gasteiger partial charge in [0.2, 0.25) is 0 Å². The van der Waals surface area contributed by atoms with E-state index < -0.39 is 0 Å². The summed E-state index contributed by atoms with van der Waals surface area (Å²) in [6.07, 6.45) is 0. The maximum Gasteiger partial charge on any atom is 0.0412 e. The summed E-state index contributed by atoms with van der Waals surface area (Å²) in [6, 6.07) is 16.1. The van der Waals surface area contributed by atoms with Crippen LogP contribution in [0.4, 0.5) is 0 Å². The number of nitrogens with two attached hydrogens (primary N) is 1. The first-order chi connectivity index (χ1) is 7.66. The maximum absolute atomic E-state index is 5.97. The Kier molecular flexibility index (Phi) is 3.28. The van der Waals surface area contributed by atoms with Crippen LogP contribution >= 0.6 is 11.6 Å². The van der Waals surface area contributed by atoms with Crippen molar-refractivity contribution in [2.45, 2.75) is 13.0 Å². The Balaban J connectivity index is 2.44. The molecule has 0 saturated carbocycles. The normalized spacial score (nSPS) is 12.4. The Hall–Kier alpha value is -1.31. The Morgan fingerprint density at radius 2 is 1.62 bits per heavy atom. The van der Waals surface area contributed by atoms with Crippen LogP contribution in [0, 0.1) is 0 Å². The first kappa shape index (κ1) is 11.2. The summed E-state index contributed by atoms with van der Waals surface area (Å²) in [5, 5.41) is 0.753. The fourth-order valence-electron chi connectivity index (χ4n) is 1.67. The summed E-state index contributed by atoms with van der Waals surface area (Å²) < 4.78 is 0. The van der Waals surface area contributed by atoms with Crippen molar-refractivity contribution in [1.29, 1.82) is 0 Å². The highest BCUT2D eigenvalue weighted by atomic mass is 35.5. The van der Waals surface area contributed by atoms with Crippen LogP contribution in [0.1, 0.15) is 18.5 Å². The van der Waals surface area contributed by atoms with Gasteiger partial charge in [0.05, 0.1) is 0 Å². The molecule has 0 amide bonds. The molecule has 0 saturated heterocycles. The van der Waals surface area contributed by atoms with E-state index in [0.717, 1.165) is 21.7 Å². The largest absolute Gasteiger partial charge is 0.324 e. The average Bonchev–Trinajstić information content (AvgIpc) is 2.29. The monoisotopic (exact) mass is 231 g/mol. The molecule has 0 bridgehead atoms. The van der Waals surface area contributed by atoms with Gasteiger partial charge in [0.15, 0.2) is 0 Å². The molecule has 1 atom stereocenters. The Bertz CT molecular complexity index is 492. The second-order valence-electron chi connectivity index (χ2n) is 3.92. The van der Waals surface area contributed by atoms with E-state index in [1.54, 1.807) is 0 Å². The molecule has 0 aromatic heterocycles. The predicted molar refractivity (Wildman–Crippen MR) is 69.5 cm³/mol. The van der Waals surface area contributed by atoms with E-state index in [0.29, 0.717) is 0 Å². The molecule has 0 fully saturated rings. The Morgan fingerprint density at radius 1 is 1.00 bits per heavy atom. The van der Waals surface area contributed by atoms with Crippen LogP contribution in [-0.2, 0) is 0 Å². The summed E-state index contributed by atoms with van der Waals surface area (Å²) in [5.41, 5.74) is 9.27. The standard InChI is InChI=1S/C14H14ClN/c1-10(16)11-4-2-5-12(8-11)13-6-3-7-14(15)9-13/h2-10H,16H2,1H3/t10-/m0/s1. The minimum atomic E-state index is 0.0548. The molecule has 2 heteroatoms. The second-order valence-corrected chi connectivity index (χ2v) is 4.36. The zero-order chi connectivity index (χ0) is 11.5. The van der Waals surface area contributed by atoms with Gasteiger partial charge < -0.3 is 5.73 Å². The molecule has 2 rings (SSSR count). The lowest BCUT2D eigenvalue weighted by Crippen LogP contribution is -2.04. The summed E-state index contributed by atoms with van der Waals surface area (Å²) in [6.45, 7) is 1.98. The van der Waals surface area contributed by atoms with Gasteiger partial charge in [0.1, 0.15) is 0 Å². The van der Waals surface area contributed by atoms with Gasteiger partial charge in [-0.05, 0) is 41.8 Å². The van der Waals surface area contributed by atoms with Gasteiger partial charge in [-0.3, -0.25) is 0 Å². The predicted octanol–water partition coefficient (Wildman–Crippen LogP) is 4.03. The van der Waals surface area contributed by atoms with Crippen LogP contribution < -0.4 is 5.73 Å². The molecule has 82 valence electrons. The number of benzene rings is 2. The molecule has 0 aliphatic heterocycles. The molecule has 2 aromatic carbocycles. The second kappa shape index (κ2) is 4.69. The van der Waals surface area contributed by atoms with Crippen molar-refractivity contribution in [1.82, 2.24) is 0 Å². The summed E-state index contributed by atoms with van der Waals surface area (Å²) in [4.78, 5) is 0. The van der Waals surface area contributed by atoms with Gasteiger partial charge in [-0.25, -0.2) is 0 Å². The molecule has 0 radical (unpaired) electrons. The summed E-state index contributed by atoms with van der Waals surface area (Å²) >= 11 is 5.97. The van der Waals surface area contributed by atoms with Gasteiger partial charge in [0.25, 0.3) is 0 Å². The zero-order valence-electron chi connectivity index (χ0n) is 9.15. The highest BCUT2D eigenvalue weighted by Crippen LogP contribution is 2.24. The quantitative estimate of drug-likeness (QED) is 0.830. The van der Waals surface area contributed by atoms with Gasteiger partial charge in [-0.1, -0.05) is 41.9 Å². The fourth-order valence-corrected chi connectivity index (χ4v) is 1.86. The SMILES string of the molecule is C[C@H](N)c1cccc(-c2cccc(Cl)c2)c1. The van der Waals surface area contributed by atoms with Gasteiger partial charge in [-0.15, -0.1) is 0 Å². The number of hydrogen-bond donors (Lipinski definition) is 1. The molecular weight excluding hydrogens is 218 g/mol. The minimum Gasteiger partial charge on any atom is -0.324 e. The van der Waals surface area contributed by atoms with E-state index in [1.165, 1.54) is 0 Å². The first-order valence-electron chi connectivity index (χ1n) is 5.28. The van der Waals surface area contributed by atoms with Crippen molar-refractivity contribution in [2.24, 2.45) is 5.73 Å². The Morgan fingerprint density at radius 3 is 2.25 bits per heavy atom. The van der Waals surface area contributed by atoms with E-state index in [1.807, 2.05) is 43.3 Å². The van der Waals surface area contributed by atoms with Crippen LogP contribution in [0.3, 0.4) is 0 Å². The van der Waals surface area contributed by atoms with Crippen molar-refractivity contribution >= 4 is 11.6 Å². The highest BCUT2D eigenvalue weighted by molar-refractivity contribution is 6.30. The minimum absolute atomic E-state index is 0.0548. The summed E-state index contributed by atoms with van der Waals surface area (Å²) in [7, 11) is 0. The Labute approximate surface area is 101 Å². The van der Waals surface area contributed by atoms with Crippen molar-refractivity contribution in [3.05, 3.63) is 59.1 Å². The van der Waals surface area contributed by atoms with E-state index >= 15 is 0 Å². The fraction of sp³-hybridized carbons (Fsp3) is 0.143. The van der Waals surface area contributed by atoms with E-state index in [9.17, 15) is 0 Å². The lowest BCUT2D eigenvalue weighted by atomic mass is 10.0. The first-order valence-corrected chi connectivity index (χ1v) is 5.66. The van der Waals surface area contributed by atoms with E-state index in [-0.39, 0.29) is 6.04 Å². The smallest absolute Gasteiger partial charge is 0.0412 e. The van der Waals surface area contributed by atoms with Gasteiger partial charge in [0, 0.05) is 11.1 Å². The number of halogens is 1. The number of rotatable bonds is 2. The third-order valence-corrected chi connectivity index (χ3v) is 2.81. The highest BCUT2D eigenvalue weighted by Gasteiger charge is 2.02. The molecule has 0 spiro atoms. The lowest BCUT2D eigenvalue weighted by Gasteiger charge is -2.08.